The molecule has 4 nitrogen and oxygen atoms in total. The topological polar surface area (TPSA) is 63.6 Å². The molecule has 1 N–H and O–H groups in total. The molecule has 0 bridgehead atoms. The highest BCUT2D eigenvalue weighted by molar-refractivity contribution is 5.69. The minimum Gasteiger partial charge on any atom is -0.481 e. The molecule has 0 heterocycles. The maximum atomic E-state index is 12.0. The van der Waals surface area contributed by atoms with Gasteiger partial charge in [-0.2, -0.15) is 0 Å². The third-order valence-corrected chi connectivity index (χ3v) is 12.2. The van der Waals surface area contributed by atoms with Crippen LogP contribution in [-0.2, 0) is 14.3 Å². The Labute approximate surface area is 357 Å². The van der Waals surface area contributed by atoms with Gasteiger partial charge in [-0.1, -0.05) is 263 Å². The molecule has 0 unspecified atom stereocenters. The molecule has 338 valence electrons. The number of allylic oxidation sites excluding steroid dienone is 2. The van der Waals surface area contributed by atoms with Gasteiger partial charge in [0, 0.05) is 12.8 Å². The first-order chi connectivity index (χ1) is 28.2. The van der Waals surface area contributed by atoms with Crippen molar-refractivity contribution >= 4 is 11.9 Å². The first-order valence-corrected chi connectivity index (χ1v) is 26.2. The molecule has 0 aromatic heterocycles. The van der Waals surface area contributed by atoms with E-state index in [4.69, 9.17) is 9.84 Å². The van der Waals surface area contributed by atoms with Gasteiger partial charge in [-0.05, 0) is 44.9 Å². The van der Waals surface area contributed by atoms with Crippen LogP contribution in [0.1, 0.15) is 309 Å². The lowest BCUT2D eigenvalue weighted by atomic mass is 10.0. The van der Waals surface area contributed by atoms with Gasteiger partial charge in [-0.25, -0.2) is 0 Å². The summed E-state index contributed by atoms with van der Waals surface area (Å²) in [6, 6.07) is 0. The van der Waals surface area contributed by atoms with Crippen LogP contribution in [0.2, 0.25) is 0 Å². The summed E-state index contributed by atoms with van der Waals surface area (Å²) in [5, 5.41) is 8.67. The molecule has 0 saturated carbocycles. The van der Waals surface area contributed by atoms with Gasteiger partial charge < -0.3 is 9.84 Å². The number of hydrogen-bond acceptors (Lipinski definition) is 3. The molecule has 57 heavy (non-hydrogen) atoms. The smallest absolute Gasteiger partial charge is 0.305 e. The summed E-state index contributed by atoms with van der Waals surface area (Å²) in [6.45, 7) is 2.90. The van der Waals surface area contributed by atoms with Gasteiger partial charge in [0.2, 0.25) is 0 Å². The summed E-state index contributed by atoms with van der Waals surface area (Å²) in [4.78, 5) is 22.6. The van der Waals surface area contributed by atoms with Crippen molar-refractivity contribution in [2.75, 3.05) is 6.61 Å². The lowest BCUT2D eigenvalue weighted by molar-refractivity contribution is -0.144. The average Bonchev–Trinajstić information content (AvgIpc) is 3.20. The molecule has 0 aromatic rings. The Morgan fingerprint density at radius 3 is 0.877 bits per heavy atom. The number of esters is 1. The molecule has 0 aliphatic heterocycles. The molecular weight excluding hydrogens is 701 g/mol. The molecule has 0 fully saturated rings. The van der Waals surface area contributed by atoms with Crippen LogP contribution in [0.25, 0.3) is 0 Å². The molecule has 0 aliphatic carbocycles. The summed E-state index contributed by atoms with van der Waals surface area (Å²) >= 11 is 0. The van der Waals surface area contributed by atoms with Crippen LogP contribution < -0.4 is 0 Å². The van der Waals surface area contributed by atoms with Crippen molar-refractivity contribution in [2.24, 2.45) is 0 Å². The van der Waals surface area contributed by atoms with E-state index in [1.54, 1.807) is 0 Å². The molecule has 0 aromatic carbocycles. The minimum absolute atomic E-state index is 0.0211. The van der Waals surface area contributed by atoms with Gasteiger partial charge >= 0.3 is 11.9 Å². The summed E-state index contributed by atoms with van der Waals surface area (Å²) < 4.78 is 5.49. The summed E-state index contributed by atoms with van der Waals surface area (Å²) in [5.41, 5.74) is 0. The molecule has 4 heteroatoms. The Kier molecular flexibility index (Phi) is 49.6. The van der Waals surface area contributed by atoms with E-state index in [2.05, 4.69) is 19.1 Å². The molecule has 0 amide bonds. The Hall–Kier alpha value is -1.32. The zero-order valence-electron chi connectivity index (χ0n) is 38.8. The Bertz CT molecular complexity index is 807. The van der Waals surface area contributed by atoms with E-state index in [1.807, 2.05) is 0 Å². The molecule has 0 rings (SSSR count). The van der Waals surface area contributed by atoms with E-state index in [1.165, 1.54) is 263 Å². The fourth-order valence-corrected chi connectivity index (χ4v) is 8.28. The van der Waals surface area contributed by atoms with Crippen molar-refractivity contribution in [3.05, 3.63) is 12.2 Å². The van der Waals surface area contributed by atoms with Crippen molar-refractivity contribution in [2.45, 2.75) is 309 Å². The number of rotatable bonds is 50. The third-order valence-electron chi connectivity index (χ3n) is 12.2. The largest absolute Gasteiger partial charge is 0.481 e. The standard InChI is InChI=1S/C53H102O4/c1-2-3-4-5-6-7-8-9-10-25-29-32-35-38-41-44-47-50-53(56)57-51-48-45-42-39-36-33-30-27-24-22-20-18-16-14-12-11-13-15-17-19-21-23-26-28-31-34-37-40-43-46-49-52(54)55/h7-8H,2-6,9-51H2,1H3,(H,54,55). The van der Waals surface area contributed by atoms with Crippen LogP contribution in [0.5, 0.6) is 0 Å². The maximum absolute atomic E-state index is 12.0. The number of aliphatic carboxylic acids is 1. The number of carbonyl (C=O) groups is 2. The highest BCUT2D eigenvalue weighted by atomic mass is 16.5. The fraction of sp³-hybridized carbons (Fsp3) is 0.925. The summed E-state index contributed by atoms with van der Waals surface area (Å²) in [6.07, 6.45) is 65.9. The Morgan fingerprint density at radius 1 is 0.333 bits per heavy atom. The van der Waals surface area contributed by atoms with Crippen LogP contribution in [-0.4, -0.2) is 23.7 Å². The highest BCUT2D eigenvalue weighted by Gasteiger charge is 2.03. The van der Waals surface area contributed by atoms with Crippen LogP contribution in [0.15, 0.2) is 12.2 Å². The monoisotopic (exact) mass is 803 g/mol. The van der Waals surface area contributed by atoms with Gasteiger partial charge in [0.25, 0.3) is 0 Å². The van der Waals surface area contributed by atoms with E-state index in [-0.39, 0.29) is 5.97 Å². The second-order valence-corrected chi connectivity index (χ2v) is 18.0. The molecule has 0 radical (unpaired) electrons. The van der Waals surface area contributed by atoms with Gasteiger partial charge in [0.05, 0.1) is 6.61 Å². The first-order valence-electron chi connectivity index (χ1n) is 26.2. The lowest BCUT2D eigenvalue weighted by Crippen LogP contribution is -2.05. The normalized spacial score (nSPS) is 11.6. The number of carboxylic acids is 1. The molecule has 0 atom stereocenters. The predicted molar refractivity (Wildman–Crippen MR) is 250 cm³/mol. The maximum Gasteiger partial charge on any atom is 0.305 e. The number of hydrogen-bond donors (Lipinski definition) is 1. The number of carbonyl (C=O) groups excluding carboxylic acids is 1. The summed E-state index contributed by atoms with van der Waals surface area (Å²) in [5.74, 6) is -0.631. The molecule has 0 aliphatic rings. The first kappa shape index (κ1) is 55.7. The van der Waals surface area contributed by atoms with Gasteiger partial charge in [0.15, 0.2) is 0 Å². The quantitative estimate of drug-likeness (QED) is 0.0378. The fourth-order valence-electron chi connectivity index (χ4n) is 8.28. The van der Waals surface area contributed by atoms with E-state index >= 15 is 0 Å². The zero-order valence-corrected chi connectivity index (χ0v) is 38.8. The van der Waals surface area contributed by atoms with Gasteiger partial charge in [0.1, 0.15) is 0 Å². The van der Waals surface area contributed by atoms with Crippen LogP contribution in [0.4, 0.5) is 0 Å². The van der Waals surface area contributed by atoms with Crippen LogP contribution in [0.3, 0.4) is 0 Å². The van der Waals surface area contributed by atoms with E-state index in [0.29, 0.717) is 19.4 Å². The molecule has 0 spiro atoms. The third kappa shape index (κ3) is 52.7. The Balaban J connectivity index is 3.15. The van der Waals surface area contributed by atoms with Crippen molar-refractivity contribution < 1.29 is 19.4 Å². The van der Waals surface area contributed by atoms with Crippen molar-refractivity contribution in [3.63, 3.8) is 0 Å². The summed E-state index contributed by atoms with van der Waals surface area (Å²) in [7, 11) is 0. The van der Waals surface area contributed by atoms with Crippen LogP contribution in [0, 0.1) is 0 Å². The minimum atomic E-state index is -0.652. The average molecular weight is 803 g/mol. The number of ether oxygens (including phenoxy) is 1. The zero-order chi connectivity index (χ0) is 41.2. The number of carboxylic acid groups (broad SMARTS) is 1. The van der Waals surface area contributed by atoms with E-state index < -0.39 is 5.97 Å². The molecule has 0 saturated heterocycles. The van der Waals surface area contributed by atoms with Crippen molar-refractivity contribution in [1.29, 1.82) is 0 Å². The molecular formula is C53H102O4. The van der Waals surface area contributed by atoms with Crippen molar-refractivity contribution in [1.82, 2.24) is 0 Å². The van der Waals surface area contributed by atoms with Crippen molar-refractivity contribution in [3.8, 4) is 0 Å². The van der Waals surface area contributed by atoms with Gasteiger partial charge in [-0.15, -0.1) is 0 Å². The van der Waals surface area contributed by atoms with E-state index in [9.17, 15) is 9.59 Å². The van der Waals surface area contributed by atoms with Gasteiger partial charge in [-0.3, -0.25) is 9.59 Å². The van der Waals surface area contributed by atoms with E-state index in [0.717, 1.165) is 25.7 Å². The van der Waals surface area contributed by atoms with Crippen LogP contribution >= 0.6 is 0 Å². The number of unbranched alkanes of at least 4 members (excludes halogenated alkanes) is 42. The highest BCUT2D eigenvalue weighted by Crippen LogP contribution is 2.17. The second kappa shape index (κ2) is 50.8. The Morgan fingerprint density at radius 2 is 0.579 bits per heavy atom. The lowest BCUT2D eigenvalue weighted by Gasteiger charge is -2.06. The second-order valence-electron chi connectivity index (χ2n) is 18.0. The predicted octanol–water partition coefficient (Wildman–Crippen LogP) is 18.5. The SMILES string of the molecule is CCCCCCC=CCCCCCCCCCCCC(=O)OCCCCCCCCCCCCCCCCCCCCCCCCCCCCCCCCC(=O)O.